The molecule has 2 unspecified atom stereocenters. The molecule has 0 spiro atoms. The van der Waals surface area contributed by atoms with E-state index in [0.717, 1.165) is 17.8 Å². The summed E-state index contributed by atoms with van der Waals surface area (Å²) in [5.41, 5.74) is 7.71. The molecule has 0 radical (unpaired) electrons. The van der Waals surface area contributed by atoms with Crippen molar-refractivity contribution in [3.05, 3.63) is 70.8 Å². The topological polar surface area (TPSA) is 3.24 Å². The zero-order valence-corrected chi connectivity index (χ0v) is 26.7. The van der Waals surface area contributed by atoms with Crippen molar-refractivity contribution >= 4 is 0 Å². The molecule has 1 aliphatic heterocycles. The average Bonchev–Trinajstić information content (AvgIpc) is 3.29. The van der Waals surface area contributed by atoms with Gasteiger partial charge in [-0.25, -0.2) is 0 Å². The first-order chi connectivity index (χ1) is 17.7. The molecule has 42 heavy (non-hydrogen) atoms. The van der Waals surface area contributed by atoms with Gasteiger partial charge in [-0.1, -0.05) is 141 Å². The second-order valence-electron chi connectivity index (χ2n) is 15.6. The molecule has 1 heterocycles. The molecule has 0 bridgehead atoms. The van der Waals surface area contributed by atoms with Gasteiger partial charge in [0.1, 0.15) is 0 Å². The fraction of sp³-hybridized carbons (Fsp3) is 0.707. The zero-order chi connectivity index (χ0) is 28.1. The molecule has 0 amide bonds. The highest BCUT2D eigenvalue weighted by molar-refractivity contribution is 5.36. The van der Waals surface area contributed by atoms with Gasteiger partial charge in [0.05, 0.1) is 0 Å². The summed E-state index contributed by atoms with van der Waals surface area (Å²) in [6.45, 7) is 23.8. The van der Waals surface area contributed by atoms with Gasteiger partial charge in [0.15, 0.2) is 0 Å². The van der Waals surface area contributed by atoms with Crippen molar-refractivity contribution < 1.29 is 0 Å². The number of likely N-dealkylation sites (tertiary alicyclic amines) is 1. The van der Waals surface area contributed by atoms with Crippen molar-refractivity contribution in [2.75, 3.05) is 20.1 Å². The lowest BCUT2D eigenvalue weighted by molar-refractivity contribution is 0.129. The van der Waals surface area contributed by atoms with E-state index in [4.69, 9.17) is 0 Å². The van der Waals surface area contributed by atoms with Gasteiger partial charge in [-0.3, -0.25) is 0 Å². The van der Waals surface area contributed by atoms with E-state index >= 15 is 0 Å². The van der Waals surface area contributed by atoms with Crippen molar-refractivity contribution in [3.8, 4) is 0 Å². The number of hydrogen-bond donors (Lipinski definition) is 0. The summed E-state index contributed by atoms with van der Waals surface area (Å²) in [5.74, 6) is 2.47. The molecule has 2 aromatic carbocycles. The first kappa shape index (κ1) is 42.5. The van der Waals surface area contributed by atoms with Crippen LogP contribution in [0.5, 0.6) is 0 Å². The Labute approximate surface area is 266 Å². The summed E-state index contributed by atoms with van der Waals surface area (Å²) < 4.78 is 0. The lowest BCUT2D eigenvalue weighted by atomic mass is 9.69. The number of rotatable bonds is 0. The molecule has 3 aliphatic rings. The third-order valence-corrected chi connectivity index (χ3v) is 9.54. The second kappa shape index (κ2) is 17.6. The van der Waals surface area contributed by atoms with Gasteiger partial charge in [0.2, 0.25) is 0 Å². The molecule has 0 aromatic heterocycles. The minimum Gasteiger partial charge on any atom is -0.306 e. The van der Waals surface area contributed by atoms with Gasteiger partial charge >= 0.3 is 0 Å². The summed E-state index contributed by atoms with van der Waals surface area (Å²) in [7, 11) is 2.22. The van der Waals surface area contributed by atoms with E-state index in [1.54, 1.807) is 22.3 Å². The maximum atomic E-state index is 2.43. The van der Waals surface area contributed by atoms with E-state index in [1.165, 1.54) is 58.0 Å². The number of nitrogens with zero attached hydrogens (tertiary/aromatic N) is 1. The third kappa shape index (κ3) is 11.8. The summed E-state index contributed by atoms with van der Waals surface area (Å²) in [5, 5.41) is 0. The SMILES string of the molecule is C.C.C.C.CC(C)(C)C1CCCc2ccccc21.CC(C)(C)C1CCc2ccccc21.CN1CCC(C(C)(C)C)CC1. The first-order valence-corrected chi connectivity index (χ1v) is 15.5. The Morgan fingerprint density at radius 1 is 0.524 bits per heavy atom. The van der Waals surface area contributed by atoms with E-state index in [1.807, 2.05) is 0 Å². The fourth-order valence-electron chi connectivity index (χ4n) is 6.98. The fourth-order valence-corrected chi connectivity index (χ4v) is 6.98. The van der Waals surface area contributed by atoms with Crippen LogP contribution >= 0.6 is 0 Å². The minimum absolute atomic E-state index is 0. The standard InChI is InChI=1S/C14H20.C13H18.C10H21N.4CH4/c1-14(2,3)13-10-6-8-11-7-4-5-9-12(11)13;1-13(2,3)12-9-8-10-6-4-5-7-11(10)12;1-10(2,3)9-5-7-11(4)8-6-9;;;;/h4-5,7,9,13H,6,8,10H2,1-3H3;4-7,12H,8-9H2,1-3H3;9H,5-8H2,1-4H3;4*1H4. The summed E-state index contributed by atoms with van der Waals surface area (Å²) in [6.07, 6.45) is 9.39. The normalized spacial score (nSPS) is 20.2. The summed E-state index contributed by atoms with van der Waals surface area (Å²) in [4.78, 5) is 2.43. The smallest absolute Gasteiger partial charge is 0.00189 e. The molecule has 2 atom stereocenters. The van der Waals surface area contributed by atoms with Crippen LogP contribution in [0.4, 0.5) is 0 Å². The molecule has 5 rings (SSSR count). The van der Waals surface area contributed by atoms with Gasteiger partial charge in [-0.05, 0) is 121 Å². The van der Waals surface area contributed by atoms with Crippen molar-refractivity contribution in [2.45, 2.75) is 149 Å². The molecule has 0 saturated carbocycles. The molecule has 1 saturated heterocycles. The van der Waals surface area contributed by atoms with E-state index in [9.17, 15) is 0 Å². The first-order valence-electron chi connectivity index (χ1n) is 15.5. The monoisotopic (exact) mass is 582 g/mol. The minimum atomic E-state index is 0. The highest BCUT2D eigenvalue weighted by atomic mass is 15.1. The number of benzene rings is 2. The van der Waals surface area contributed by atoms with E-state index in [2.05, 4.69) is 123 Å². The Balaban J connectivity index is 0. The number of fused-ring (bicyclic) bond motifs is 2. The maximum Gasteiger partial charge on any atom is -0.00189 e. The number of aryl methyl sites for hydroxylation is 2. The Kier molecular flexibility index (Phi) is 17.9. The molecule has 1 fully saturated rings. The lowest BCUT2D eigenvalue weighted by Gasteiger charge is -2.37. The molecule has 1 nitrogen and oxygen atoms in total. The van der Waals surface area contributed by atoms with Crippen LogP contribution in [0.25, 0.3) is 0 Å². The van der Waals surface area contributed by atoms with Crippen LogP contribution in [-0.2, 0) is 12.8 Å². The van der Waals surface area contributed by atoms with Crippen LogP contribution in [-0.4, -0.2) is 25.0 Å². The molecule has 0 N–H and O–H groups in total. The van der Waals surface area contributed by atoms with E-state index in [0.29, 0.717) is 16.2 Å². The summed E-state index contributed by atoms with van der Waals surface area (Å²) >= 11 is 0. The van der Waals surface area contributed by atoms with E-state index < -0.39 is 0 Å². The Bertz CT molecular complexity index is 988. The van der Waals surface area contributed by atoms with E-state index in [-0.39, 0.29) is 29.7 Å². The zero-order valence-electron chi connectivity index (χ0n) is 26.7. The van der Waals surface area contributed by atoms with Crippen molar-refractivity contribution in [2.24, 2.45) is 22.2 Å². The Hall–Kier alpha value is -1.60. The molecule has 2 aliphatic carbocycles. The Morgan fingerprint density at radius 2 is 0.929 bits per heavy atom. The number of hydrogen-bond acceptors (Lipinski definition) is 1. The van der Waals surface area contributed by atoms with Gasteiger partial charge < -0.3 is 4.90 Å². The van der Waals surface area contributed by atoms with Gasteiger partial charge in [0.25, 0.3) is 0 Å². The van der Waals surface area contributed by atoms with Crippen molar-refractivity contribution in [1.29, 1.82) is 0 Å². The highest BCUT2D eigenvalue weighted by Crippen LogP contribution is 2.45. The molecule has 244 valence electrons. The number of piperidine rings is 1. The largest absolute Gasteiger partial charge is 0.306 e. The van der Waals surface area contributed by atoms with Gasteiger partial charge in [-0.15, -0.1) is 0 Å². The van der Waals surface area contributed by atoms with Crippen molar-refractivity contribution in [1.82, 2.24) is 4.90 Å². The van der Waals surface area contributed by atoms with Gasteiger partial charge in [0, 0.05) is 0 Å². The highest BCUT2D eigenvalue weighted by Gasteiger charge is 2.32. The van der Waals surface area contributed by atoms with Gasteiger partial charge in [-0.2, -0.15) is 0 Å². The van der Waals surface area contributed by atoms with Crippen LogP contribution in [0.2, 0.25) is 0 Å². The molecule has 1 heteroatoms. The molecule has 2 aromatic rings. The quantitative estimate of drug-likeness (QED) is 0.299. The Morgan fingerprint density at radius 3 is 1.36 bits per heavy atom. The van der Waals surface area contributed by atoms with Crippen LogP contribution in [0.1, 0.15) is 158 Å². The molecular weight excluding hydrogens is 506 g/mol. The van der Waals surface area contributed by atoms with Crippen molar-refractivity contribution in [3.63, 3.8) is 0 Å². The summed E-state index contributed by atoms with van der Waals surface area (Å²) in [6, 6.07) is 17.9. The third-order valence-electron chi connectivity index (χ3n) is 9.54. The predicted octanol–water partition coefficient (Wildman–Crippen LogP) is 12.8. The van der Waals surface area contributed by atoms with Crippen LogP contribution in [0.15, 0.2) is 48.5 Å². The van der Waals surface area contributed by atoms with Crippen LogP contribution in [0, 0.1) is 22.2 Å². The second-order valence-corrected chi connectivity index (χ2v) is 15.6. The van der Waals surface area contributed by atoms with Crippen LogP contribution < -0.4 is 0 Å². The average molecular weight is 582 g/mol. The van der Waals surface area contributed by atoms with Crippen LogP contribution in [0.3, 0.4) is 0 Å². The lowest BCUT2D eigenvalue weighted by Crippen LogP contribution is -2.35. The molecular formula is C41H75N. The maximum absolute atomic E-state index is 2.43. The predicted molar refractivity (Wildman–Crippen MR) is 195 cm³/mol.